The molecule has 0 aliphatic heterocycles. The topological polar surface area (TPSA) is 110 Å². The van der Waals surface area contributed by atoms with Crippen molar-refractivity contribution in [2.45, 2.75) is 25.8 Å². The molecule has 1 atom stereocenters. The van der Waals surface area contributed by atoms with Gasteiger partial charge in [-0.3, -0.25) is 14.4 Å². The lowest BCUT2D eigenvalue weighted by Gasteiger charge is -2.22. The van der Waals surface area contributed by atoms with Crippen molar-refractivity contribution in [3.8, 4) is 0 Å². The van der Waals surface area contributed by atoms with E-state index >= 15 is 0 Å². The number of fused-ring (bicyclic) bond motifs is 1. The van der Waals surface area contributed by atoms with Crippen LogP contribution in [0.2, 0.25) is 0 Å². The zero-order valence-electron chi connectivity index (χ0n) is 13.4. The number of hydrogen-bond acceptors (Lipinski definition) is 6. The van der Waals surface area contributed by atoms with Crippen molar-refractivity contribution in [1.82, 2.24) is 5.32 Å². The van der Waals surface area contributed by atoms with E-state index in [0.717, 1.165) is 0 Å². The first-order valence-corrected chi connectivity index (χ1v) is 7.97. The Morgan fingerprint density at radius 1 is 1.20 bits per heavy atom. The molecule has 1 aromatic carbocycles. The second kappa shape index (κ2) is 7.94. The van der Waals surface area contributed by atoms with E-state index in [2.05, 4.69) is 5.32 Å². The molecule has 8 heteroatoms. The van der Waals surface area contributed by atoms with Crippen molar-refractivity contribution >= 4 is 35.1 Å². The largest absolute Gasteiger partial charge is 0.480 e. The number of nitrogens with one attached hydrogen (secondary N) is 1. The van der Waals surface area contributed by atoms with E-state index in [-0.39, 0.29) is 41.3 Å². The van der Waals surface area contributed by atoms with Gasteiger partial charge in [0.1, 0.15) is 16.8 Å². The number of allylic oxidation sites excluding steroid dienone is 2. The average Bonchev–Trinajstić information content (AvgIpc) is 2.59. The number of esters is 1. The fourth-order valence-corrected chi connectivity index (χ4v) is 2.64. The molecule has 2 rings (SSSR count). The predicted molar refractivity (Wildman–Crippen MR) is 88.4 cm³/mol. The van der Waals surface area contributed by atoms with Crippen molar-refractivity contribution < 1.29 is 29.0 Å². The van der Waals surface area contributed by atoms with Crippen LogP contribution in [-0.2, 0) is 14.3 Å². The minimum atomic E-state index is -1.28. The fourth-order valence-electron chi connectivity index (χ4n) is 2.40. The van der Waals surface area contributed by atoms with Crippen LogP contribution in [0.1, 0.15) is 40.5 Å². The van der Waals surface area contributed by atoms with Crippen LogP contribution < -0.4 is 5.32 Å². The number of carboxylic acids is 1. The van der Waals surface area contributed by atoms with E-state index in [1.807, 2.05) is 0 Å². The number of ketones is 2. The molecule has 0 saturated heterocycles. The van der Waals surface area contributed by atoms with Crippen LogP contribution in [0.4, 0.5) is 0 Å². The van der Waals surface area contributed by atoms with Gasteiger partial charge in [0.25, 0.3) is 0 Å². The van der Waals surface area contributed by atoms with Gasteiger partial charge in [0.2, 0.25) is 11.6 Å². The highest BCUT2D eigenvalue weighted by atomic mass is 35.5. The van der Waals surface area contributed by atoms with Crippen molar-refractivity contribution in [3.05, 3.63) is 46.1 Å². The average molecular weight is 366 g/mol. The van der Waals surface area contributed by atoms with Crippen LogP contribution in [0.15, 0.2) is 35.0 Å². The van der Waals surface area contributed by atoms with Gasteiger partial charge < -0.3 is 15.2 Å². The van der Waals surface area contributed by atoms with Gasteiger partial charge in [0, 0.05) is 17.5 Å². The summed E-state index contributed by atoms with van der Waals surface area (Å²) in [7, 11) is 0. The summed E-state index contributed by atoms with van der Waals surface area (Å²) in [6, 6.07) is 4.87. The summed E-state index contributed by atoms with van der Waals surface area (Å²) in [6.07, 6.45) is -0.271. The Morgan fingerprint density at radius 2 is 1.80 bits per heavy atom. The first-order chi connectivity index (χ1) is 11.9. The summed E-state index contributed by atoms with van der Waals surface area (Å²) in [6.45, 7) is 1.82. The fraction of sp³-hybridized carbons (Fsp3) is 0.294. The minimum Gasteiger partial charge on any atom is -0.480 e. The summed E-state index contributed by atoms with van der Waals surface area (Å²) < 4.78 is 4.75. The molecule has 132 valence electrons. The van der Waals surface area contributed by atoms with Gasteiger partial charge >= 0.3 is 11.9 Å². The van der Waals surface area contributed by atoms with Gasteiger partial charge in [-0.1, -0.05) is 35.9 Å². The van der Waals surface area contributed by atoms with E-state index < -0.39 is 29.5 Å². The third-order valence-corrected chi connectivity index (χ3v) is 3.98. The van der Waals surface area contributed by atoms with Gasteiger partial charge in [-0.25, -0.2) is 4.79 Å². The highest BCUT2D eigenvalue weighted by Gasteiger charge is 2.33. The number of hydrogen-bond donors (Lipinski definition) is 2. The van der Waals surface area contributed by atoms with Gasteiger partial charge in [-0.05, 0) is 13.3 Å². The van der Waals surface area contributed by atoms with Crippen LogP contribution in [0.3, 0.4) is 0 Å². The van der Waals surface area contributed by atoms with Crippen molar-refractivity contribution in [3.63, 3.8) is 0 Å². The normalized spacial score (nSPS) is 14.8. The van der Waals surface area contributed by atoms with E-state index in [1.54, 1.807) is 19.1 Å². The maximum Gasteiger partial charge on any atom is 0.326 e. The van der Waals surface area contributed by atoms with Gasteiger partial charge in [0.05, 0.1) is 6.61 Å². The Kier molecular flexibility index (Phi) is 5.93. The maximum atomic E-state index is 12.5. The Bertz CT molecular complexity index is 770. The molecule has 0 fully saturated rings. The zero-order valence-corrected chi connectivity index (χ0v) is 14.1. The molecule has 0 amide bonds. The Morgan fingerprint density at radius 3 is 2.36 bits per heavy atom. The van der Waals surface area contributed by atoms with E-state index in [0.29, 0.717) is 0 Å². The number of ether oxygens (including phenoxy) is 1. The molecule has 1 aliphatic rings. The van der Waals surface area contributed by atoms with Crippen molar-refractivity contribution in [2.75, 3.05) is 6.61 Å². The molecule has 0 radical (unpaired) electrons. The predicted octanol–water partition coefficient (Wildman–Crippen LogP) is 1.90. The lowest BCUT2D eigenvalue weighted by atomic mass is 9.92. The molecule has 7 nitrogen and oxygen atoms in total. The van der Waals surface area contributed by atoms with E-state index in [9.17, 15) is 24.3 Å². The van der Waals surface area contributed by atoms with Crippen LogP contribution in [-0.4, -0.2) is 41.3 Å². The third-order valence-electron chi connectivity index (χ3n) is 3.62. The Balaban J connectivity index is 2.22. The standard InChI is InChI=1S/C17H16ClNO6/c1-2-25-12(20)8-7-11(17(23)24)19-14-13(18)15(21)9-5-3-4-6-10(9)16(14)22/h3-6,11,19H,2,7-8H2,1H3,(H,23,24)/t11-/m1/s1. The van der Waals surface area contributed by atoms with Crippen LogP contribution >= 0.6 is 11.6 Å². The highest BCUT2D eigenvalue weighted by molar-refractivity contribution is 6.49. The summed E-state index contributed by atoms with van der Waals surface area (Å²) in [5.74, 6) is -2.95. The molecule has 0 aromatic heterocycles. The molecular weight excluding hydrogens is 350 g/mol. The molecule has 0 bridgehead atoms. The lowest BCUT2D eigenvalue weighted by Crippen LogP contribution is -2.41. The lowest BCUT2D eigenvalue weighted by molar-refractivity contribution is -0.144. The zero-order chi connectivity index (χ0) is 18.6. The number of carbonyl (C=O) groups is 4. The van der Waals surface area contributed by atoms with E-state index in [4.69, 9.17) is 16.3 Å². The van der Waals surface area contributed by atoms with Crippen LogP contribution in [0.5, 0.6) is 0 Å². The molecule has 0 spiro atoms. The first kappa shape index (κ1) is 18.7. The highest BCUT2D eigenvalue weighted by Crippen LogP contribution is 2.27. The summed E-state index contributed by atoms with van der Waals surface area (Å²) >= 11 is 5.98. The number of halogens is 1. The van der Waals surface area contributed by atoms with Crippen LogP contribution in [0.25, 0.3) is 0 Å². The maximum absolute atomic E-state index is 12.5. The number of Topliss-reactive ketones (excluding diaryl/α,β-unsaturated/α-hetero) is 2. The van der Waals surface area contributed by atoms with Gasteiger partial charge in [0.15, 0.2) is 0 Å². The molecule has 2 N–H and O–H groups in total. The smallest absolute Gasteiger partial charge is 0.326 e. The van der Waals surface area contributed by atoms with Gasteiger partial charge in [-0.15, -0.1) is 0 Å². The van der Waals surface area contributed by atoms with Crippen molar-refractivity contribution in [2.24, 2.45) is 0 Å². The SMILES string of the molecule is CCOC(=O)CC[C@@H](NC1=C(Cl)C(=O)c2ccccc2C1=O)C(=O)O. The third kappa shape index (κ3) is 4.06. The molecular formula is C17H16ClNO6. The molecule has 25 heavy (non-hydrogen) atoms. The molecule has 0 unspecified atom stereocenters. The molecule has 1 aliphatic carbocycles. The van der Waals surface area contributed by atoms with Gasteiger partial charge in [-0.2, -0.15) is 0 Å². The summed E-state index contributed by atoms with van der Waals surface area (Å²) in [5.41, 5.74) is 0.0389. The Labute approximate surface area is 148 Å². The minimum absolute atomic E-state index is 0.120. The molecule has 0 saturated carbocycles. The Hall–Kier alpha value is -2.67. The summed E-state index contributed by atoms with van der Waals surface area (Å²) in [4.78, 5) is 47.6. The monoisotopic (exact) mass is 365 g/mol. The quantitative estimate of drug-likeness (QED) is 0.710. The molecule has 1 aromatic rings. The number of rotatable bonds is 7. The van der Waals surface area contributed by atoms with Crippen molar-refractivity contribution in [1.29, 1.82) is 0 Å². The molecule has 0 heterocycles. The number of aliphatic carboxylic acids is 1. The number of carbonyl (C=O) groups excluding carboxylic acids is 3. The number of carboxylic acid groups (broad SMARTS) is 1. The number of benzene rings is 1. The second-order valence-corrected chi connectivity index (χ2v) is 5.65. The second-order valence-electron chi connectivity index (χ2n) is 5.27. The van der Waals surface area contributed by atoms with Crippen LogP contribution in [0, 0.1) is 0 Å². The first-order valence-electron chi connectivity index (χ1n) is 7.60. The van der Waals surface area contributed by atoms with E-state index in [1.165, 1.54) is 12.1 Å². The summed E-state index contributed by atoms with van der Waals surface area (Å²) in [5, 5.41) is 11.4.